The van der Waals surface area contributed by atoms with Crippen LogP contribution in [-0.2, 0) is 18.3 Å². The van der Waals surface area contributed by atoms with Gasteiger partial charge in [0.05, 0.1) is 6.20 Å². The van der Waals surface area contributed by atoms with Crippen molar-refractivity contribution >= 4 is 5.91 Å². The number of carbonyl (C=O) groups is 1. The number of carbonyl (C=O) groups excluding carboxylic acids is 1. The molecule has 0 bridgehead atoms. The first-order chi connectivity index (χ1) is 10.1. The lowest BCUT2D eigenvalue weighted by Crippen LogP contribution is -2.35. The number of aryl methyl sites for hydroxylation is 2. The van der Waals surface area contributed by atoms with Gasteiger partial charge in [0.25, 0.3) is 0 Å². The van der Waals surface area contributed by atoms with Gasteiger partial charge in [0, 0.05) is 39.2 Å². The maximum Gasteiger partial charge on any atom is 0.247 e. The van der Waals surface area contributed by atoms with Crippen LogP contribution >= 0.6 is 0 Å². The van der Waals surface area contributed by atoms with E-state index in [0.717, 1.165) is 25.8 Å². The normalized spacial score (nSPS) is 12.3. The second kappa shape index (κ2) is 7.06. The summed E-state index contributed by atoms with van der Waals surface area (Å²) in [6.07, 6.45) is 10.1. The summed E-state index contributed by atoms with van der Waals surface area (Å²) in [4.78, 5) is 14.3. The molecule has 0 saturated heterocycles. The highest BCUT2D eigenvalue weighted by Crippen LogP contribution is 2.13. The van der Waals surface area contributed by atoms with Crippen LogP contribution in [0.5, 0.6) is 0 Å². The number of likely N-dealkylation sites (N-methyl/N-ethyl adjacent to an activating group) is 1. The SMILES string of the molecule is CC[C@@H](C(=O)N(C)CCCc1cnn(C)c1)n1cccn1. The topological polar surface area (TPSA) is 56.0 Å². The molecule has 2 rings (SSSR count). The van der Waals surface area contributed by atoms with Gasteiger partial charge in [0.15, 0.2) is 0 Å². The van der Waals surface area contributed by atoms with Gasteiger partial charge < -0.3 is 4.90 Å². The highest BCUT2D eigenvalue weighted by molar-refractivity contribution is 5.80. The number of hydrogen-bond acceptors (Lipinski definition) is 3. The fraction of sp³-hybridized carbons (Fsp3) is 0.533. The Morgan fingerprint density at radius 2 is 2.24 bits per heavy atom. The van der Waals surface area contributed by atoms with Gasteiger partial charge in [-0.25, -0.2) is 0 Å². The number of amides is 1. The molecule has 0 N–H and O–H groups in total. The van der Waals surface area contributed by atoms with Gasteiger partial charge in [-0.05, 0) is 30.9 Å². The van der Waals surface area contributed by atoms with E-state index in [9.17, 15) is 4.79 Å². The lowest BCUT2D eigenvalue weighted by molar-refractivity contribution is -0.133. The Balaban J connectivity index is 1.84. The second-order valence-corrected chi connectivity index (χ2v) is 5.30. The van der Waals surface area contributed by atoms with E-state index in [0.29, 0.717) is 0 Å². The summed E-state index contributed by atoms with van der Waals surface area (Å²) in [7, 11) is 3.77. The molecule has 0 radical (unpaired) electrons. The first-order valence-corrected chi connectivity index (χ1v) is 7.33. The van der Waals surface area contributed by atoms with E-state index in [1.165, 1.54) is 5.56 Å². The predicted octanol–water partition coefficient (Wildman–Crippen LogP) is 1.66. The van der Waals surface area contributed by atoms with Crippen molar-refractivity contribution in [3.63, 3.8) is 0 Å². The first-order valence-electron chi connectivity index (χ1n) is 7.33. The molecule has 0 aliphatic rings. The van der Waals surface area contributed by atoms with Crippen molar-refractivity contribution in [2.24, 2.45) is 7.05 Å². The van der Waals surface area contributed by atoms with E-state index in [2.05, 4.69) is 10.2 Å². The standard InChI is InChI=1S/C15H23N5O/c1-4-14(20-10-6-8-16-20)15(21)18(2)9-5-7-13-11-17-19(3)12-13/h6,8,10-12,14H,4-5,7,9H2,1-3H3/t14-/m0/s1. The van der Waals surface area contributed by atoms with Crippen molar-refractivity contribution in [1.29, 1.82) is 0 Å². The average molecular weight is 289 g/mol. The number of hydrogen-bond donors (Lipinski definition) is 0. The molecule has 2 heterocycles. The molecule has 2 aromatic rings. The monoisotopic (exact) mass is 289 g/mol. The molecule has 0 spiro atoms. The number of rotatable bonds is 7. The van der Waals surface area contributed by atoms with Gasteiger partial charge in [-0.3, -0.25) is 14.2 Å². The molecule has 0 aromatic carbocycles. The molecule has 1 atom stereocenters. The average Bonchev–Trinajstić information content (AvgIpc) is 3.11. The third-order valence-corrected chi connectivity index (χ3v) is 3.61. The summed E-state index contributed by atoms with van der Waals surface area (Å²) in [5.41, 5.74) is 1.21. The summed E-state index contributed by atoms with van der Waals surface area (Å²) in [6.45, 7) is 2.75. The lowest BCUT2D eigenvalue weighted by Gasteiger charge is -2.23. The predicted molar refractivity (Wildman–Crippen MR) is 80.7 cm³/mol. The summed E-state index contributed by atoms with van der Waals surface area (Å²) in [5.74, 6) is 0.118. The molecule has 0 fully saturated rings. The molecule has 6 heteroatoms. The quantitative estimate of drug-likeness (QED) is 0.779. The zero-order valence-corrected chi connectivity index (χ0v) is 12.9. The van der Waals surface area contributed by atoms with Gasteiger partial charge in [-0.15, -0.1) is 0 Å². The summed E-state index contributed by atoms with van der Waals surface area (Å²) in [5, 5.41) is 8.33. The largest absolute Gasteiger partial charge is 0.344 e. The van der Waals surface area contributed by atoms with Gasteiger partial charge in [0.2, 0.25) is 5.91 Å². The number of aromatic nitrogens is 4. The van der Waals surface area contributed by atoms with Crippen molar-refractivity contribution < 1.29 is 4.79 Å². The van der Waals surface area contributed by atoms with Gasteiger partial charge >= 0.3 is 0 Å². The lowest BCUT2D eigenvalue weighted by atomic mass is 10.1. The smallest absolute Gasteiger partial charge is 0.247 e. The van der Waals surface area contributed by atoms with E-state index in [-0.39, 0.29) is 11.9 Å². The van der Waals surface area contributed by atoms with E-state index < -0.39 is 0 Å². The van der Waals surface area contributed by atoms with Crippen LogP contribution in [0.2, 0.25) is 0 Å². The highest BCUT2D eigenvalue weighted by Gasteiger charge is 2.21. The zero-order chi connectivity index (χ0) is 15.2. The van der Waals surface area contributed by atoms with Crippen molar-refractivity contribution in [3.8, 4) is 0 Å². The van der Waals surface area contributed by atoms with Gasteiger partial charge in [-0.2, -0.15) is 10.2 Å². The van der Waals surface area contributed by atoms with Crippen LogP contribution in [-0.4, -0.2) is 44.0 Å². The van der Waals surface area contributed by atoms with Crippen molar-refractivity contribution in [1.82, 2.24) is 24.5 Å². The minimum Gasteiger partial charge on any atom is -0.344 e. The molecule has 0 unspecified atom stereocenters. The van der Waals surface area contributed by atoms with E-state index >= 15 is 0 Å². The molecule has 114 valence electrons. The minimum absolute atomic E-state index is 0.118. The van der Waals surface area contributed by atoms with Crippen LogP contribution in [0.4, 0.5) is 0 Å². The third kappa shape index (κ3) is 3.93. The van der Waals surface area contributed by atoms with Crippen LogP contribution in [0, 0.1) is 0 Å². The Labute approximate surface area is 125 Å². The molecular formula is C15H23N5O. The van der Waals surface area contributed by atoms with Crippen molar-refractivity contribution in [2.75, 3.05) is 13.6 Å². The molecule has 0 aliphatic heterocycles. The summed E-state index contributed by atoms with van der Waals surface area (Å²) >= 11 is 0. The Hall–Kier alpha value is -2.11. The van der Waals surface area contributed by atoms with Crippen molar-refractivity contribution in [3.05, 3.63) is 36.4 Å². The Morgan fingerprint density at radius 1 is 1.43 bits per heavy atom. The maximum atomic E-state index is 12.5. The summed E-state index contributed by atoms with van der Waals surface area (Å²) in [6, 6.07) is 1.64. The summed E-state index contributed by atoms with van der Waals surface area (Å²) < 4.78 is 3.54. The Kier molecular flexibility index (Phi) is 5.14. The molecule has 6 nitrogen and oxygen atoms in total. The molecule has 0 aliphatic carbocycles. The van der Waals surface area contributed by atoms with Gasteiger partial charge in [-0.1, -0.05) is 6.92 Å². The van der Waals surface area contributed by atoms with Crippen LogP contribution in [0.1, 0.15) is 31.4 Å². The van der Waals surface area contributed by atoms with E-state index in [4.69, 9.17) is 0 Å². The maximum absolute atomic E-state index is 12.5. The highest BCUT2D eigenvalue weighted by atomic mass is 16.2. The number of nitrogens with zero attached hydrogens (tertiary/aromatic N) is 5. The first kappa shape index (κ1) is 15.3. The fourth-order valence-corrected chi connectivity index (χ4v) is 2.43. The molecule has 0 saturated carbocycles. The fourth-order valence-electron chi connectivity index (χ4n) is 2.43. The van der Waals surface area contributed by atoms with Crippen LogP contribution in [0.3, 0.4) is 0 Å². The van der Waals surface area contributed by atoms with Crippen molar-refractivity contribution in [2.45, 2.75) is 32.2 Å². The van der Waals surface area contributed by atoms with Crippen LogP contribution in [0.15, 0.2) is 30.9 Å². The van der Waals surface area contributed by atoms with Gasteiger partial charge in [0.1, 0.15) is 6.04 Å². The molecule has 21 heavy (non-hydrogen) atoms. The zero-order valence-electron chi connectivity index (χ0n) is 12.9. The van der Waals surface area contributed by atoms with Crippen LogP contribution < -0.4 is 0 Å². The van der Waals surface area contributed by atoms with Crippen LogP contribution in [0.25, 0.3) is 0 Å². The third-order valence-electron chi connectivity index (χ3n) is 3.61. The van der Waals surface area contributed by atoms with E-state index in [1.807, 2.05) is 45.7 Å². The Bertz CT molecular complexity index is 560. The molecule has 1 amide bonds. The minimum atomic E-state index is -0.205. The second-order valence-electron chi connectivity index (χ2n) is 5.30. The Morgan fingerprint density at radius 3 is 2.81 bits per heavy atom. The van der Waals surface area contributed by atoms with E-state index in [1.54, 1.807) is 20.5 Å². The molecular weight excluding hydrogens is 266 g/mol. The molecule has 2 aromatic heterocycles.